The van der Waals surface area contributed by atoms with Crippen molar-refractivity contribution >= 4 is 49.6 Å². The summed E-state index contributed by atoms with van der Waals surface area (Å²) in [5, 5.41) is 10.6. The van der Waals surface area contributed by atoms with Crippen molar-refractivity contribution in [1.29, 1.82) is 0 Å². The van der Waals surface area contributed by atoms with E-state index in [1.54, 1.807) is 19.2 Å². The van der Waals surface area contributed by atoms with E-state index in [1.165, 1.54) is 64.7 Å². The number of pyridine rings is 1. The number of aromatic nitrogens is 4. The Kier molecular flexibility index (Phi) is 6.74. The number of carbonyl (C=O) groups excluding carboxylic acids is 1. The van der Waals surface area contributed by atoms with Gasteiger partial charge in [-0.2, -0.15) is 9.78 Å². The minimum Gasteiger partial charge on any atom is -0.610 e. The lowest BCUT2D eigenvalue weighted by Gasteiger charge is -2.09. The SMILES string of the molecule is CNc1nc2ccc(Oc3ccc(F)c(NC(=O)c4cc([S+](C)[O-])n(-c5ccc(F)cc5)n4)c3)nc2s1. The van der Waals surface area contributed by atoms with Crippen LogP contribution in [0.1, 0.15) is 10.5 Å². The molecule has 0 aliphatic heterocycles. The predicted octanol–water partition coefficient (Wildman–Crippen LogP) is 4.98. The van der Waals surface area contributed by atoms with E-state index in [4.69, 9.17) is 4.74 Å². The third-order valence-corrected chi connectivity index (χ3v) is 6.99. The van der Waals surface area contributed by atoms with E-state index in [-0.39, 0.29) is 28.0 Å². The lowest BCUT2D eigenvalue weighted by Crippen LogP contribution is -2.14. The summed E-state index contributed by atoms with van der Waals surface area (Å²) in [7, 11) is 1.76. The zero-order valence-electron chi connectivity index (χ0n) is 19.4. The van der Waals surface area contributed by atoms with Crippen molar-refractivity contribution in [3.63, 3.8) is 0 Å². The zero-order chi connectivity index (χ0) is 26.1. The maximum absolute atomic E-state index is 14.5. The molecule has 1 unspecified atom stereocenters. The van der Waals surface area contributed by atoms with Gasteiger partial charge in [-0.25, -0.2) is 18.7 Å². The van der Waals surface area contributed by atoms with E-state index in [0.29, 0.717) is 21.2 Å². The minimum absolute atomic E-state index is 0.0992. The maximum atomic E-state index is 14.5. The molecule has 5 rings (SSSR count). The van der Waals surface area contributed by atoms with Gasteiger partial charge in [-0.1, -0.05) is 11.3 Å². The summed E-state index contributed by atoms with van der Waals surface area (Å²) < 4.78 is 47.1. The molecule has 0 fully saturated rings. The number of hydrogen-bond donors (Lipinski definition) is 2. The van der Waals surface area contributed by atoms with Gasteiger partial charge in [0.2, 0.25) is 10.9 Å². The van der Waals surface area contributed by atoms with Crippen molar-refractivity contribution in [3.8, 4) is 17.3 Å². The summed E-state index contributed by atoms with van der Waals surface area (Å²) in [4.78, 5) is 22.3. The number of anilines is 2. The predicted molar refractivity (Wildman–Crippen MR) is 137 cm³/mol. The lowest BCUT2D eigenvalue weighted by molar-refractivity contribution is 0.102. The molecule has 0 saturated heterocycles. The average Bonchev–Trinajstić information content (AvgIpc) is 3.51. The van der Waals surface area contributed by atoms with Gasteiger partial charge >= 0.3 is 0 Å². The number of halogens is 2. The first-order chi connectivity index (χ1) is 17.8. The summed E-state index contributed by atoms with van der Waals surface area (Å²) in [6.45, 7) is 0. The van der Waals surface area contributed by atoms with Crippen LogP contribution in [0, 0.1) is 11.6 Å². The van der Waals surface area contributed by atoms with E-state index in [0.717, 1.165) is 6.07 Å². The summed E-state index contributed by atoms with van der Waals surface area (Å²) in [6, 6.07) is 13.9. The molecular weight excluding hydrogens is 522 g/mol. The van der Waals surface area contributed by atoms with Gasteiger partial charge in [0.15, 0.2) is 10.8 Å². The number of nitrogens with one attached hydrogen (secondary N) is 2. The van der Waals surface area contributed by atoms with Gasteiger partial charge in [0.25, 0.3) is 5.91 Å². The molecule has 188 valence electrons. The van der Waals surface area contributed by atoms with Gasteiger partial charge in [-0.05, 0) is 42.5 Å². The Morgan fingerprint density at radius 3 is 2.59 bits per heavy atom. The molecule has 1 amide bonds. The molecule has 13 heteroatoms. The monoisotopic (exact) mass is 540 g/mol. The second-order valence-corrected chi connectivity index (χ2v) is 9.95. The van der Waals surface area contributed by atoms with Crippen LogP contribution in [0.5, 0.6) is 11.6 Å². The molecule has 0 aliphatic rings. The van der Waals surface area contributed by atoms with Crippen LogP contribution < -0.4 is 15.4 Å². The fourth-order valence-electron chi connectivity index (χ4n) is 3.38. The number of fused-ring (bicyclic) bond motifs is 1. The molecule has 0 radical (unpaired) electrons. The largest absolute Gasteiger partial charge is 0.610 e. The number of hydrogen-bond acceptors (Lipinski definition) is 8. The second-order valence-electron chi connectivity index (χ2n) is 7.65. The van der Waals surface area contributed by atoms with E-state index in [9.17, 15) is 18.1 Å². The quantitative estimate of drug-likeness (QED) is 0.280. The highest BCUT2D eigenvalue weighted by molar-refractivity contribution is 7.90. The summed E-state index contributed by atoms with van der Waals surface area (Å²) in [5.74, 6) is -1.35. The molecule has 9 nitrogen and oxygen atoms in total. The van der Waals surface area contributed by atoms with Crippen LogP contribution in [0.4, 0.5) is 19.6 Å². The van der Waals surface area contributed by atoms with Gasteiger partial charge in [0, 0.05) is 36.4 Å². The summed E-state index contributed by atoms with van der Waals surface area (Å²) in [5.41, 5.74) is 0.882. The van der Waals surface area contributed by atoms with E-state index in [2.05, 4.69) is 25.7 Å². The van der Waals surface area contributed by atoms with E-state index >= 15 is 0 Å². The minimum atomic E-state index is -1.51. The van der Waals surface area contributed by atoms with Crippen molar-refractivity contribution < 1.29 is 22.9 Å². The molecule has 1 atom stereocenters. The number of ether oxygens (including phenoxy) is 1. The molecule has 3 aromatic heterocycles. The molecule has 2 aromatic carbocycles. The highest BCUT2D eigenvalue weighted by Gasteiger charge is 2.22. The van der Waals surface area contributed by atoms with Gasteiger partial charge in [-0.3, -0.25) is 4.79 Å². The number of benzene rings is 2. The van der Waals surface area contributed by atoms with Crippen LogP contribution in [-0.2, 0) is 11.2 Å². The van der Waals surface area contributed by atoms with Crippen LogP contribution in [0.15, 0.2) is 65.7 Å². The first kappa shape index (κ1) is 24.6. The molecular formula is C24H18F2N6O3S2. The molecule has 5 aromatic rings. The smallest absolute Gasteiger partial charge is 0.276 e. The van der Waals surface area contributed by atoms with Crippen LogP contribution in [0.2, 0.25) is 0 Å². The van der Waals surface area contributed by atoms with Crippen molar-refractivity contribution in [2.75, 3.05) is 23.9 Å². The molecule has 2 N–H and O–H groups in total. The van der Waals surface area contributed by atoms with Crippen LogP contribution in [-0.4, -0.2) is 43.5 Å². The Bertz CT molecular complexity index is 1600. The summed E-state index contributed by atoms with van der Waals surface area (Å²) in [6.07, 6.45) is 1.43. The average molecular weight is 541 g/mol. The lowest BCUT2D eigenvalue weighted by atomic mass is 10.2. The molecule has 3 heterocycles. The van der Waals surface area contributed by atoms with Crippen LogP contribution in [0.25, 0.3) is 16.0 Å². The molecule has 0 bridgehead atoms. The topological polar surface area (TPSA) is 117 Å². The number of amides is 1. The van der Waals surface area contributed by atoms with Crippen molar-refractivity contribution in [2.24, 2.45) is 0 Å². The normalized spacial score (nSPS) is 11.9. The fraction of sp³-hybridized carbons (Fsp3) is 0.0833. The van der Waals surface area contributed by atoms with Crippen LogP contribution >= 0.6 is 11.3 Å². The molecule has 37 heavy (non-hydrogen) atoms. The van der Waals surface area contributed by atoms with E-state index in [1.807, 2.05) is 0 Å². The second kappa shape index (κ2) is 10.1. The number of rotatable bonds is 7. The number of carbonyl (C=O) groups is 1. The van der Waals surface area contributed by atoms with E-state index < -0.39 is 28.7 Å². The zero-order valence-corrected chi connectivity index (χ0v) is 21.0. The Morgan fingerprint density at radius 2 is 1.86 bits per heavy atom. The number of thiazole rings is 1. The Balaban J connectivity index is 1.38. The molecule has 0 aliphatic carbocycles. The van der Waals surface area contributed by atoms with Crippen LogP contribution in [0.3, 0.4) is 0 Å². The Labute approximate surface area is 216 Å². The third kappa shape index (κ3) is 5.23. The molecule has 0 saturated carbocycles. The Morgan fingerprint density at radius 1 is 1.08 bits per heavy atom. The summed E-state index contributed by atoms with van der Waals surface area (Å²) >= 11 is -0.152. The first-order valence-electron chi connectivity index (χ1n) is 10.7. The third-order valence-electron chi connectivity index (χ3n) is 5.13. The Hall–Kier alpha value is -4.07. The van der Waals surface area contributed by atoms with Crippen molar-refractivity contribution in [1.82, 2.24) is 19.7 Å². The number of nitrogens with zero attached hydrogens (tertiary/aromatic N) is 4. The van der Waals surface area contributed by atoms with Crippen molar-refractivity contribution in [3.05, 3.63) is 78.0 Å². The van der Waals surface area contributed by atoms with Gasteiger partial charge in [0.1, 0.15) is 34.0 Å². The molecule has 0 spiro atoms. The highest BCUT2D eigenvalue weighted by Crippen LogP contribution is 2.30. The van der Waals surface area contributed by atoms with Gasteiger partial charge in [0.05, 0.1) is 11.4 Å². The first-order valence-corrected chi connectivity index (χ1v) is 13.1. The fourth-order valence-corrected chi connectivity index (χ4v) is 4.83. The van der Waals surface area contributed by atoms with Gasteiger partial charge < -0.3 is 19.9 Å². The van der Waals surface area contributed by atoms with Gasteiger partial charge in [-0.15, -0.1) is 0 Å². The highest BCUT2D eigenvalue weighted by atomic mass is 32.2. The van der Waals surface area contributed by atoms with Crippen molar-refractivity contribution in [2.45, 2.75) is 5.03 Å². The maximum Gasteiger partial charge on any atom is 0.276 e. The standard InChI is InChI=1S/C24H18F2N6O3S2/c1-27-24-29-17-9-10-20(30-23(17)36-24)35-15-7-8-16(26)18(11-15)28-22(33)19-12-21(37(2)34)32(31-19)14-5-3-13(25)4-6-14/h3-12H,1-2H3,(H,27,29)(H,28,33).